The molecule has 0 spiro atoms. The molecule has 3 aromatic rings. The zero-order valence-corrected chi connectivity index (χ0v) is 20.4. The van der Waals surface area contributed by atoms with Gasteiger partial charge in [-0.15, -0.1) is 11.8 Å². The molecule has 1 aromatic carbocycles. The van der Waals surface area contributed by atoms with Crippen molar-refractivity contribution < 1.29 is 9.53 Å². The van der Waals surface area contributed by atoms with Crippen molar-refractivity contribution >= 4 is 57.1 Å². The lowest BCUT2D eigenvalue weighted by atomic mass is 9.76. The number of pyridine rings is 2. The minimum absolute atomic E-state index is 0.0463. The van der Waals surface area contributed by atoms with Crippen LogP contribution in [0.5, 0.6) is 0 Å². The van der Waals surface area contributed by atoms with Gasteiger partial charge in [-0.2, -0.15) is 0 Å². The van der Waals surface area contributed by atoms with Crippen molar-refractivity contribution in [1.82, 2.24) is 9.55 Å². The second-order valence-electron chi connectivity index (χ2n) is 8.56. The third-order valence-electron chi connectivity index (χ3n) is 6.15. The van der Waals surface area contributed by atoms with Crippen molar-refractivity contribution in [3.05, 3.63) is 39.5 Å². The van der Waals surface area contributed by atoms with Crippen molar-refractivity contribution in [2.24, 2.45) is 11.8 Å². The highest BCUT2D eigenvalue weighted by Gasteiger charge is 2.27. The van der Waals surface area contributed by atoms with Gasteiger partial charge in [-0.1, -0.05) is 18.5 Å². The van der Waals surface area contributed by atoms with E-state index in [0.717, 1.165) is 23.2 Å². The number of carbonyl (C=O) groups is 1. The van der Waals surface area contributed by atoms with Crippen LogP contribution < -0.4 is 10.3 Å². The molecule has 0 amide bonds. The summed E-state index contributed by atoms with van der Waals surface area (Å²) < 4.78 is 7.01. The molecule has 0 N–H and O–H groups in total. The summed E-state index contributed by atoms with van der Waals surface area (Å²) >= 11 is 7.91. The van der Waals surface area contributed by atoms with E-state index in [2.05, 4.69) is 11.8 Å². The predicted octanol–water partition coefficient (Wildman–Crippen LogP) is 4.97. The van der Waals surface area contributed by atoms with Crippen LogP contribution in [0.15, 0.2) is 34.0 Å². The summed E-state index contributed by atoms with van der Waals surface area (Å²) in [6, 6.07) is 7.15. The Kier molecular flexibility index (Phi) is 6.67. The summed E-state index contributed by atoms with van der Waals surface area (Å²) in [5.74, 6) is 1.84. The highest BCUT2D eigenvalue weighted by molar-refractivity contribution is 7.99. The fourth-order valence-electron chi connectivity index (χ4n) is 4.67. The molecule has 32 heavy (non-hydrogen) atoms. The lowest BCUT2D eigenvalue weighted by Crippen LogP contribution is -2.33. The standard InChI is InChI=1S/C24H28ClN3O3S/c1-5-31-20(29)13-28-21-16(6-8-18(25)23(21)32-4)22(30)17-7-9-19(26-24(17)28)27(3)12-15-10-14(2)11-15/h6-9,14-15H,5,10-13H2,1-4H3. The molecule has 2 aromatic heterocycles. The lowest BCUT2D eigenvalue weighted by molar-refractivity contribution is -0.143. The number of halogens is 1. The second kappa shape index (κ2) is 9.32. The Hall–Kier alpha value is -2.25. The van der Waals surface area contributed by atoms with Crippen LogP contribution in [-0.2, 0) is 16.1 Å². The molecule has 8 heteroatoms. The summed E-state index contributed by atoms with van der Waals surface area (Å²) in [5, 5.41) is 1.53. The highest BCUT2D eigenvalue weighted by atomic mass is 35.5. The minimum Gasteiger partial charge on any atom is -0.465 e. The molecule has 1 aliphatic carbocycles. The molecule has 1 aliphatic rings. The Morgan fingerprint density at radius 2 is 2.00 bits per heavy atom. The minimum atomic E-state index is -0.380. The number of ether oxygens (including phenoxy) is 1. The lowest BCUT2D eigenvalue weighted by Gasteiger charge is -2.36. The molecule has 4 rings (SSSR count). The van der Waals surface area contributed by atoms with Crippen LogP contribution in [-0.4, -0.2) is 42.0 Å². The Morgan fingerprint density at radius 3 is 2.66 bits per heavy atom. The van der Waals surface area contributed by atoms with E-state index in [-0.39, 0.29) is 24.5 Å². The molecule has 6 nitrogen and oxygen atoms in total. The van der Waals surface area contributed by atoms with E-state index >= 15 is 0 Å². The number of hydrogen-bond acceptors (Lipinski definition) is 6. The van der Waals surface area contributed by atoms with Crippen LogP contribution in [0.4, 0.5) is 5.82 Å². The number of aromatic nitrogens is 2. The third-order valence-corrected chi connectivity index (χ3v) is 7.40. The number of thioether (sulfide) groups is 1. The average Bonchev–Trinajstić information content (AvgIpc) is 2.75. The van der Waals surface area contributed by atoms with E-state index in [1.54, 1.807) is 23.6 Å². The number of rotatable bonds is 7. The van der Waals surface area contributed by atoms with Crippen molar-refractivity contribution in [2.45, 2.75) is 38.1 Å². The Morgan fingerprint density at radius 1 is 1.28 bits per heavy atom. The van der Waals surface area contributed by atoms with Gasteiger partial charge in [-0.3, -0.25) is 9.59 Å². The first-order valence-electron chi connectivity index (χ1n) is 10.9. The number of carbonyl (C=O) groups excluding carboxylic acids is 1. The topological polar surface area (TPSA) is 64.4 Å². The highest BCUT2D eigenvalue weighted by Crippen LogP contribution is 2.35. The van der Waals surface area contributed by atoms with Crippen molar-refractivity contribution in [3.8, 4) is 0 Å². The van der Waals surface area contributed by atoms with Gasteiger partial charge in [0.15, 0.2) is 5.43 Å². The van der Waals surface area contributed by atoms with Crippen LogP contribution >= 0.6 is 23.4 Å². The van der Waals surface area contributed by atoms with Gasteiger partial charge in [0, 0.05) is 19.0 Å². The van der Waals surface area contributed by atoms with Crippen LogP contribution in [0.2, 0.25) is 5.02 Å². The van der Waals surface area contributed by atoms with E-state index in [1.165, 1.54) is 24.6 Å². The molecule has 0 saturated heterocycles. The molecule has 170 valence electrons. The first-order chi connectivity index (χ1) is 15.3. The molecule has 2 heterocycles. The van der Waals surface area contributed by atoms with E-state index in [1.807, 2.05) is 25.4 Å². The van der Waals surface area contributed by atoms with Gasteiger partial charge in [0.25, 0.3) is 0 Å². The number of benzene rings is 1. The van der Waals surface area contributed by atoms with E-state index < -0.39 is 0 Å². The van der Waals surface area contributed by atoms with E-state index in [0.29, 0.717) is 32.9 Å². The fraction of sp³-hybridized carbons (Fsp3) is 0.458. The van der Waals surface area contributed by atoms with Crippen LogP contribution in [0.3, 0.4) is 0 Å². The molecule has 0 atom stereocenters. The Bertz CT molecular complexity index is 1240. The van der Waals surface area contributed by atoms with Crippen molar-refractivity contribution in [3.63, 3.8) is 0 Å². The largest absolute Gasteiger partial charge is 0.465 e. The molecule has 0 aliphatic heterocycles. The maximum Gasteiger partial charge on any atom is 0.326 e. The smallest absolute Gasteiger partial charge is 0.326 e. The average molecular weight is 474 g/mol. The molecule has 0 radical (unpaired) electrons. The summed E-state index contributed by atoms with van der Waals surface area (Å²) in [6.07, 6.45) is 4.36. The molecule has 1 fully saturated rings. The molecule has 0 bridgehead atoms. The Labute approximate surface area is 196 Å². The molecular weight excluding hydrogens is 446 g/mol. The van der Waals surface area contributed by atoms with Crippen LogP contribution in [0.1, 0.15) is 26.7 Å². The first kappa shape index (κ1) is 22.9. The van der Waals surface area contributed by atoms with Gasteiger partial charge in [0.2, 0.25) is 0 Å². The van der Waals surface area contributed by atoms with Crippen LogP contribution in [0, 0.1) is 11.8 Å². The molecule has 1 saturated carbocycles. The summed E-state index contributed by atoms with van der Waals surface area (Å²) in [5.41, 5.74) is 0.978. The first-order valence-corrected chi connectivity index (χ1v) is 12.5. The predicted molar refractivity (Wildman–Crippen MR) is 132 cm³/mol. The molecule has 0 unspecified atom stereocenters. The van der Waals surface area contributed by atoms with Gasteiger partial charge in [0.05, 0.1) is 27.4 Å². The van der Waals surface area contributed by atoms with Crippen molar-refractivity contribution in [1.29, 1.82) is 0 Å². The number of anilines is 1. The number of hydrogen-bond donors (Lipinski definition) is 0. The monoisotopic (exact) mass is 473 g/mol. The zero-order valence-electron chi connectivity index (χ0n) is 18.9. The van der Waals surface area contributed by atoms with Gasteiger partial charge in [-0.05, 0) is 62.1 Å². The zero-order chi connectivity index (χ0) is 23.0. The third kappa shape index (κ3) is 4.20. The Balaban J connectivity index is 1.92. The normalized spacial score (nSPS) is 18.0. The van der Waals surface area contributed by atoms with Gasteiger partial charge in [0.1, 0.15) is 18.0 Å². The fourth-order valence-corrected chi connectivity index (χ4v) is 5.73. The van der Waals surface area contributed by atoms with Gasteiger partial charge >= 0.3 is 5.97 Å². The van der Waals surface area contributed by atoms with Gasteiger partial charge < -0.3 is 14.2 Å². The summed E-state index contributed by atoms with van der Waals surface area (Å²) in [4.78, 5) is 33.6. The maximum absolute atomic E-state index is 13.3. The maximum atomic E-state index is 13.3. The van der Waals surface area contributed by atoms with Crippen molar-refractivity contribution in [2.75, 3.05) is 31.4 Å². The van der Waals surface area contributed by atoms with Crippen LogP contribution in [0.25, 0.3) is 21.9 Å². The molecular formula is C24H28ClN3O3S. The van der Waals surface area contributed by atoms with Gasteiger partial charge in [-0.25, -0.2) is 4.98 Å². The number of fused-ring (bicyclic) bond motifs is 2. The summed E-state index contributed by atoms with van der Waals surface area (Å²) in [6.45, 7) is 5.21. The SMILES string of the molecule is CCOC(=O)Cn1c2nc(N(C)CC3CC(C)C3)ccc2c(=O)c2ccc(Cl)c(SC)c21. The quantitative estimate of drug-likeness (QED) is 0.274. The number of nitrogens with zero attached hydrogens (tertiary/aromatic N) is 3. The second-order valence-corrected chi connectivity index (χ2v) is 9.78. The van der Waals surface area contributed by atoms with E-state index in [4.69, 9.17) is 21.3 Å². The van der Waals surface area contributed by atoms with E-state index in [9.17, 15) is 9.59 Å². The number of esters is 1. The summed E-state index contributed by atoms with van der Waals surface area (Å²) in [7, 11) is 2.02.